The Hall–Kier alpha value is -1.55. The SMILES string of the molecule is COc1cccc(N(C)C(=O)C2CC2N)c1. The van der Waals surface area contributed by atoms with Gasteiger partial charge in [-0.3, -0.25) is 4.79 Å². The van der Waals surface area contributed by atoms with Gasteiger partial charge in [-0.05, 0) is 18.6 Å². The second-order valence-corrected chi connectivity index (χ2v) is 4.10. The first-order valence-electron chi connectivity index (χ1n) is 5.30. The quantitative estimate of drug-likeness (QED) is 0.827. The maximum absolute atomic E-state index is 11.9. The molecule has 0 aliphatic heterocycles. The Bertz CT molecular complexity index is 406. The van der Waals surface area contributed by atoms with E-state index < -0.39 is 0 Å². The van der Waals surface area contributed by atoms with Crippen molar-refractivity contribution in [1.82, 2.24) is 0 Å². The first-order valence-corrected chi connectivity index (χ1v) is 5.30. The molecule has 1 aliphatic carbocycles. The number of anilines is 1. The number of carbonyl (C=O) groups excluding carboxylic acids is 1. The summed E-state index contributed by atoms with van der Waals surface area (Å²) in [6.07, 6.45) is 0.799. The number of nitrogens with zero attached hydrogens (tertiary/aromatic N) is 1. The van der Waals surface area contributed by atoms with Crippen molar-refractivity contribution < 1.29 is 9.53 Å². The Morgan fingerprint density at radius 2 is 2.25 bits per heavy atom. The van der Waals surface area contributed by atoms with Gasteiger partial charge in [-0.2, -0.15) is 0 Å². The molecule has 2 N–H and O–H groups in total. The van der Waals surface area contributed by atoms with Crippen molar-refractivity contribution >= 4 is 11.6 Å². The molecule has 86 valence electrons. The molecule has 1 aromatic rings. The van der Waals surface area contributed by atoms with E-state index in [1.807, 2.05) is 24.3 Å². The highest BCUT2D eigenvalue weighted by atomic mass is 16.5. The molecule has 0 aromatic heterocycles. The molecule has 4 heteroatoms. The number of rotatable bonds is 3. The molecule has 4 nitrogen and oxygen atoms in total. The number of hydrogen-bond acceptors (Lipinski definition) is 3. The third-order valence-electron chi connectivity index (χ3n) is 2.93. The van der Waals surface area contributed by atoms with E-state index in [0.717, 1.165) is 17.9 Å². The van der Waals surface area contributed by atoms with Crippen LogP contribution in [0.25, 0.3) is 0 Å². The molecule has 2 unspecified atom stereocenters. The standard InChI is InChI=1S/C12H16N2O2/c1-14(12(15)10-7-11(10)13)8-4-3-5-9(6-8)16-2/h3-6,10-11H,7,13H2,1-2H3. The molecule has 16 heavy (non-hydrogen) atoms. The van der Waals surface area contributed by atoms with Crippen LogP contribution in [0.3, 0.4) is 0 Å². The maximum Gasteiger partial charge on any atom is 0.231 e. The van der Waals surface area contributed by atoms with Gasteiger partial charge < -0.3 is 15.4 Å². The van der Waals surface area contributed by atoms with E-state index >= 15 is 0 Å². The number of ether oxygens (including phenoxy) is 1. The normalized spacial score (nSPS) is 22.7. The van der Waals surface area contributed by atoms with E-state index in [1.165, 1.54) is 0 Å². The molecule has 2 rings (SSSR count). The van der Waals surface area contributed by atoms with Crippen molar-refractivity contribution in [1.29, 1.82) is 0 Å². The Labute approximate surface area is 95.0 Å². The predicted molar refractivity (Wildman–Crippen MR) is 62.5 cm³/mol. The molecule has 1 amide bonds. The minimum absolute atomic E-state index is 0.00352. The van der Waals surface area contributed by atoms with E-state index in [0.29, 0.717) is 0 Å². The van der Waals surface area contributed by atoms with E-state index in [-0.39, 0.29) is 17.9 Å². The van der Waals surface area contributed by atoms with Crippen molar-refractivity contribution in [3.8, 4) is 5.75 Å². The summed E-state index contributed by atoms with van der Waals surface area (Å²) in [6.45, 7) is 0. The Morgan fingerprint density at radius 3 is 2.81 bits per heavy atom. The summed E-state index contributed by atoms with van der Waals surface area (Å²) in [7, 11) is 3.37. The lowest BCUT2D eigenvalue weighted by atomic mass is 10.2. The molecule has 0 saturated heterocycles. The van der Waals surface area contributed by atoms with Crippen molar-refractivity contribution in [2.75, 3.05) is 19.1 Å². The highest BCUT2D eigenvalue weighted by Crippen LogP contribution is 2.31. The summed E-state index contributed by atoms with van der Waals surface area (Å²) in [6, 6.07) is 7.48. The van der Waals surface area contributed by atoms with Gasteiger partial charge in [0.2, 0.25) is 5.91 Å². The number of benzene rings is 1. The first kappa shape index (κ1) is 11.0. The molecule has 1 aliphatic rings. The van der Waals surface area contributed by atoms with Crippen LogP contribution >= 0.6 is 0 Å². The van der Waals surface area contributed by atoms with E-state index in [2.05, 4.69) is 0 Å². The average molecular weight is 220 g/mol. The fourth-order valence-electron chi connectivity index (χ4n) is 1.69. The molecule has 0 radical (unpaired) electrons. The summed E-state index contributed by atoms with van der Waals surface area (Å²) in [4.78, 5) is 13.6. The number of methoxy groups -OCH3 is 1. The Morgan fingerprint density at radius 1 is 1.56 bits per heavy atom. The maximum atomic E-state index is 11.9. The summed E-state index contributed by atoms with van der Waals surface area (Å²) in [5.41, 5.74) is 6.50. The first-order chi connectivity index (χ1) is 7.63. The van der Waals surface area contributed by atoms with Gasteiger partial charge in [-0.1, -0.05) is 6.07 Å². The van der Waals surface area contributed by atoms with Crippen molar-refractivity contribution in [3.05, 3.63) is 24.3 Å². The lowest BCUT2D eigenvalue weighted by Crippen LogP contribution is -2.29. The van der Waals surface area contributed by atoms with Gasteiger partial charge in [0, 0.05) is 24.8 Å². The van der Waals surface area contributed by atoms with E-state index in [1.54, 1.807) is 19.1 Å². The molecule has 1 fully saturated rings. The van der Waals surface area contributed by atoms with Gasteiger partial charge in [0.1, 0.15) is 5.75 Å². The monoisotopic (exact) mass is 220 g/mol. The molecule has 1 saturated carbocycles. The highest BCUT2D eigenvalue weighted by Gasteiger charge is 2.41. The van der Waals surface area contributed by atoms with Crippen LogP contribution in [0.2, 0.25) is 0 Å². The van der Waals surface area contributed by atoms with Crippen LogP contribution in [0.15, 0.2) is 24.3 Å². The van der Waals surface area contributed by atoms with Crippen LogP contribution < -0.4 is 15.4 Å². The Balaban J connectivity index is 2.13. The second kappa shape index (κ2) is 4.14. The van der Waals surface area contributed by atoms with Gasteiger partial charge in [-0.25, -0.2) is 0 Å². The van der Waals surface area contributed by atoms with Crippen LogP contribution in [0.4, 0.5) is 5.69 Å². The van der Waals surface area contributed by atoms with Crippen LogP contribution in [-0.4, -0.2) is 26.1 Å². The lowest BCUT2D eigenvalue weighted by molar-refractivity contribution is -0.119. The van der Waals surface area contributed by atoms with Gasteiger partial charge in [0.15, 0.2) is 0 Å². The van der Waals surface area contributed by atoms with Crippen LogP contribution in [0, 0.1) is 5.92 Å². The van der Waals surface area contributed by atoms with E-state index in [9.17, 15) is 4.79 Å². The number of carbonyl (C=O) groups is 1. The predicted octanol–water partition coefficient (Wildman–Crippen LogP) is 1.01. The minimum atomic E-state index is -0.00352. The fourth-order valence-corrected chi connectivity index (χ4v) is 1.69. The summed E-state index contributed by atoms with van der Waals surface area (Å²) >= 11 is 0. The smallest absolute Gasteiger partial charge is 0.231 e. The topological polar surface area (TPSA) is 55.6 Å². The average Bonchev–Trinajstić information content (AvgIpc) is 3.04. The summed E-state index contributed by atoms with van der Waals surface area (Å²) in [5.74, 6) is 0.828. The third kappa shape index (κ3) is 2.02. The van der Waals surface area contributed by atoms with Crippen molar-refractivity contribution in [3.63, 3.8) is 0 Å². The largest absolute Gasteiger partial charge is 0.497 e. The van der Waals surface area contributed by atoms with Gasteiger partial charge in [0.25, 0.3) is 0 Å². The summed E-state index contributed by atoms with van der Waals surface area (Å²) in [5, 5.41) is 0. The number of nitrogens with two attached hydrogens (primary N) is 1. The molecule has 0 bridgehead atoms. The van der Waals surface area contributed by atoms with Gasteiger partial charge >= 0.3 is 0 Å². The zero-order chi connectivity index (χ0) is 11.7. The number of amides is 1. The van der Waals surface area contributed by atoms with Crippen LogP contribution in [0.1, 0.15) is 6.42 Å². The molecule has 0 spiro atoms. The van der Waals surface area contributed by atoms with Crippen molar-refractivity contribution in [2.24, 2.45) is 11.7 Å². The second-order valence-electron chi connectivity index (χ2n) is 4.10. The highest BCUT2D eigenvalue weighted by molar-refractivity contribution is 5.96. The minimum Gasteiger partial charge on any atom is -0.497 e. The van der Waals surface area contributed by atoms with Crippen LogP contribution in [-0.2, 0) is 4.79 Å². The summed E-state index contributed by atoms with van der Waals surface area (Å²) < 4.78 is 5.12. The number of hydrogen-bond donors (Lipinski definition) is 1. The molecular formula is C12H16N2O2. The van der Waals surface area contributed by atoms with Crippen LogP contribution in [0.5, 0.6) is 5.75 Å². The van der Waals surface area contributed by atoms with Gasteiger partial charge in [0.05, 0.1) is 13.0 Å². The molecular weight excluding hydrogens is 204 g/mol. The fraction of sp³-hybridized carbons (Fsp3) is 0.417. The zero-order valence-electron chi connectivity index (χ0n) is 9.51. The van der Waals surface area contributed by atoms with Gasteiger partial charge in [-0.15, -0.1) is 0 Å². The molecule has 0 heterocycles. The molecule has 2 atom stereocenters. The van der Waals surface area contributed by atoms with E-state index in [4.69, 9.17) is 10.5 Å². The third-order valence-corrected chi connectivity index (χ3v) is 2.93. The van der Waals surface area contributed by atoms with Crippen molar-refractivity contribution in [2.45, 2.75) is 12.5 Å². The zero-order valence-corrected chi connectivity index (χ0v) is 9.51. The molecule has 1 aromatic carbocycles. The Kier molecular flexibility index (Phi) is 2.83. The lowest BCUT2D eigenvalue weighted by Gasteiger charge is -2.17.